The van der Waals surface area contributed by atoms with Crippen LogP contribution in [0.3, 0.4) is 0 Å². The molecule has 1 saturated carbocycles. The summed E-state index contributed by atoms with van der Waals surface area (Å²) in [5, 5.41) is 1.57. The van der Waals surface area contributed by atoms with Crippen molar-refractivity contribution in [1.29, 1.82) is 0 Å². The van der Waals surface area contributed by atoms with E-state index in [0.29, 0.717) is 29.6 Å². The van der Waals surface area contributed by atoms with Crippen molar-refractivity contribution in [3.63, 3.8) is 0 Å². The average molecular weight is 680 g/mol. The predicted octanol–water partition coefficient (Wildman–Crippen LogP) is 12.6. The van der Waals surface area contributed by atoms with Gasteiger partial charge in [-0.05, 0) is 124 Å². The second-order valence-electron chi connectivity index (χ2n) is 17.2. The maximum Gasteiger partial charge on any atom is 0.0461 e. The summed E-state index contributed by atoms with van der Waals surface area (Å²) < 4.78 is 1.47. The maximum atomic E-state index is 2.65. The molecule has 0 bridgehead atoms. The van der Waals surface area contributed by atoms with E-state index in [1.54, 1.807) is 27.6 Å². The molecule has 0 radical (unpaired) electrons. The van der Waals surface area contributed by atoms with Crippen LogP contribution in [0.2, 0.25) is 0 Å². The first-order valence-electron chi connectivity index (χ1n) is 19.2. The molecule has 5 atom stereocenters. The number of aryl methyl sites for hydroxylation is 1. The Bertz CT molecular complexity index is 2410. The number of anilines is 1. The summed E-state index contributed by atoms with van der Waals surface area (Å²) in [6.07, 6.45) is 31.4. The zero-order chi connectivity index (χ0) is 34.2. The number of thiophene rings is 1. The maximum absolute atomic E-state index is 2.65. The molecule has 2 heteroatoms. The zero-order valence-corrected chi connectivity index (χ0v) is 30.9. The molecule has 11 rings (SSSR count). The first-order chi connectivity index (χ1) is 24.8. The minimum Gasteiger partial charge on any atom is -0.315 e. The lowest BCUT2D eigenvalue weighted by Crippen LogP contribution is -2.31. The third-order valence-corrected chi connectivity index (χ3v) is 15.2. The number of hydrogen-bond donors (Lipinski definition) is 0. The van der Waals surface area contributed by atoms with Crippen molar-refractivity contribution in [3.8, 4) is 11.1 Å². The molecule has 1 fully saturated rings. The van der Waals surface area contributed by atoms with Gasteiger partial charge < -0.3 is 4.90 Å². The molecular weight excluding hydrogens is 635 g/mol. The van der Waals surface area contributed by atoms with Crippen LogP contribution < -0.4 is 4.90 Å². The molecule has 1 aromatic heterocycles. The molecule has 5 unspecified atom stereocenters. The van der Waals surface area contributed by atoms with Crippen LogP contribution in [0.4, 0.5) is 5.69 Å². The summed E-state index contributed by atoms with van der Waals surface area (Å²) in [7, 11) is 0. The van der Waals surface area contributed by atoms with Gasteiger partial charge in [0.1, 0.15) is 0 Å². The van der Waals surface area contributed by atoms with Crippen LogP contribution in [-0.2, 0) is 18.3 Å². The fraction of sp³-hybridized carbons (Fsp3) is 0.306. The highest BCUT2D eigenvalue weighted by atomic mass is 32.1. The Hall–Kier alpha value is -4.40. The average Bonchev–Trinajstić information content (AvgIpc) is 3.84. The topological polar surface area (TPSA) is 3.24 Å². The van der Waals surface area contributed by atoms with Gasteiger partial charge in [0.15, 0.2) is 0 Å². The van der Waals surface area contributed by atoms with Gasteiger partial charge in [-0.3, -0.25) is 0 Å². The van der Waals surface area contributed by atoms with E-state index in [1.807, 2.05) is 11.3 Å². The van der Waals surface area contributed by atoms with Crippen molar-refractivity contribution < 1.29 is 0 Å². The molecule has 51 heavy (non-hydrogen) atoms. The molecular formula is C49H45NS. The largest absolute Gasteiger partial charge is 0.315 e. The SMILES string of the molecule is CC1(C)c2ccccc2-c2ccc(N(C3=CC4Cc5ccc6sc7c(c6c5C4C=C3)CCC=C7)C3=CC=C4C5C=CC=CC5C(C)(C)C4C3)cc21. The third-order valence-electron chi connectivity index (χ3n) is 14.0. The first-order valence-corrected chi connectivity index (χ1v) is 20.0. The molecule has 0 N–H and O–H groups in total. The van der Waals surface area contributed by atoms with Crippen LogP contribution in [0.25, 0.3) is 27.3 Å². The summed E-state index contributed by atoms with van der Waals surface area (Å²) in [5.41, 5.74) is 16.2. The molecule has 0 aliphatic heterocycles. The van der Waals surface area contributed by atoms with Crippen LogP contribution in [0, 0.1) is 29.1 Å². The lowest BCUT2D eigenvalue weighted by molar-refractivity contribution is 0.215. The normalized spacial score (nSPS) is 27.8. The van der Waals surface area contributed by atoms with Gasteiger partial charge in [-0.25, -0.2) is 0 Å². The van der Waals surface area contributed by atoms with Crippen molar-refractivity contribution in [1.82, 2.24) is 0 Å². The van der Waals surface area contributed by atoms with Crippen molar-refractivity contribution in [3.05, 3.63) is 165 Å². The van der Waals surface area contributed by atoms with Gasteiger partial charge in [0, 0.05) is 49.3 Å². The molecule has 1 heterocycles. The predicted molar refractivity (Wildman–Crippen MR) is 216 cm³/mol. The highest BCUT2D eigenvalue weighted by Crippen LogP contribution is 2.60. The van der Waals surface area contributed by atoms with E-state index < -0.39 is 0 Å². The van der Waals surface area contributed by atoms with Gasteiger partial charge in [-0.2, -0.15) is 0 Å². The van der Waals surface area contributed by atoms with E-state index in [9.17, 15) is 0 Å². The van der Waals surface area contributed by atoms with Gasteiger partial charge in [0.05, 0.1) is 0 Å². The second-order valence-corrected chi connectivity index (χ2v) is 18.3. The minimum atomic E-state index is -0.0430. The number of allylic oxidation sites excluding steroid dienone is 12. The number of hydrogen-bond acceptors (Lipinski definition) is 2. The van der Waals surface area contributed by atoms with Gasteiger partial charge in [0.25, 0.3) is 0 Å². The Kier molecular flexibility index (Phi) is 6.27. The standard InChI is InChI=1S/C49H45NS/c1-48(2)40-14-8-5-11-35(40)37-22-19-32(27-42(37)48)50(33-20-23-38-36-12-6-9-15-41(36)49(3,4)43(38)28-33)31-18-21-34-30(26-31)25-29-17-24-45-47(46(29)34)39-13-7-10-16-44(39)51-45/h5-6,8-12,14-24,26-27,30,34,36,41,43H,7,13,25,28H2,1-4H3. The van der Waals surface area contributed by atoms with Gasteiger partial charge in [-0.1, -0.05) is 118 Å². The molecule has 7 aliphatic rings. The van der Waals surface area contributed by atoms with Crippen molar-refractivity contribution in [2.45, 2.75) is 64.7 Å². The van der Waals surface area contributed by atoms with Crippen LogP contribution in [0.15, 0.2) is 132 Å². The number of nitrogens with zero attached hydrogens (tertiary/aromatic N) is 1. The fourth-order valence-corrected chi connectivity index (χ4v) is 12.6. The van der Waals surface area contributed by atoms with Crippen molar-refractivity contribution >= 4 is 33.2 Å². The molecule has 0 amide bonds. The third kappa shape index (κ3) is 4.15. The summed E-state index contributed by atoms with van der Waals surface area (Å²) >= 11 is 1.99. The quantitative estimate of drug-likeness (QED) is 0.208. The summed E-state index contributed by atoms with van der Waals surface area (Å²) in [5.74, 6) is 2.49. The van der Waals surface area contributed by atoms with Gasteiger partial charge in [-0.15, -0.1) is 11.3 Å². The Morgan fingerprint density at radius 2 is 1.67 bits per heavy atom. The fourth-order valence-electron chi connectivity index (χ4n) is 11.4. The minimum absolute atomic E-state index is 0.0430. The summed E-state index contributed by atoms with van der Waals surface area (Å²) in [6.45, 7) is 9.85. The van der Waals surface area contributed by atoms with E-state index in [-0.39, 0.29) is 10.8 Å². The van der Waals surface area contributed by atoms with E-state index in [0.717, 1.165) is 19.3 Å². The molecule has 3 aromatic carbocycles. The Morgan fingerprint density at radius 3 is 2.59 bits per heavy atom. The van der Waals surface area contributed by atoms with Crippen molar-refractivity contribution in [2.24, 2.45) is 29.1 Å². The molecule has 7 aliphatic carbocycles. The number of benzene rings is 3. The van der Waals surface area contributed by atoms with Crippen molar-refractivity contribution in [2.75, 3.05) is 4.90 Å². The summed E-state index contributed by atoms with van der Waals surface area (Å²) in [6, 6.07) is 21.2. The van der Waals surface area contributed by atoms with Crippen LogP contribution in [0.1, 0.15) is 79.1 Å². The summed E-state index contributed by atoms with van der Waals surface area (Å²) in [4.78, 5) is 4.13. The van der Waals surface area contributed by atoms with Crippen LogP contribution in [0.5, 0.6) is 0 Å². The smallest absolute Gasteiger partial charge is 0.0461 e. The highest BCUT2D eigenvalue weighted by Gasteiger charge is 2.51. The van der Waals surface area contributed by atoms with Crippen LogP contribution in [-0.4, -0.2) is 0 Å². The second kappa shape index (κ2) is 10.6. The molecule has 252 valence electrons. The number of rotatable bonds is 3. The highest BCUT2D eigenvalue weighted by molar-refractivity contribution is 7.20. The van der Waals surface area contributed by atoms with E-state index in [2.05, 4.69) is 154 Å². The lowest BCUT2D eigenvalue weighted by atomic mass is 9.71. The lowest BCUT2D eigenvalue weighted by Gasteiger charge is -2.38. The Labute approximate surface area is 306 Å². The van der Waals surface area contributed by atoms with Gasteiger partial charge >= 0.3 is 0 Å². The van der Waals surface area contributed by atoms with E-state index >= 15 is 0 Å². The first kappa shape index (κ1) is 30.2. The van der Waals surface area contributed by atoms with Crippen LogP contribution >= 0.6 is 11.3 Å². The zero-order valence-electron chi connectivity index (χ0n) is 30.1. The molecule has 4 aromatic rings. The Balaban J connectivity index is 1.03. The molecule has 0 saturated heterocycles. The van der Waals surface area contributed by atoms with E-state index in [1.165, 1.54) is 55.3 Å². The molecule has 1 nitrogen and oxygen atoms in total. The van der Waals surface area contributed by atoms with Gasteiger partial charge in [0.2, 0.25) is 0 Å². The number of fused-ring (bicyclic) bond motifs is 13. The molecule has 0 spiro atoms. The Morgan fingerprint density at radius 1 is 0.804 bits per heavy atom. The monoisotopic (exact) mass is 679 g/mol. The van der Waals surface area contributed by atoms with E-state index in [4.69, 9.17) is 0 Å².